The van der Waals surface area contributed by atoms with Crippen molar-refractivity contribution < 1.29 is 18.0 Å². The summed E-state index contributed by atoms with van der Waals surface area (Å²) in [5.74, 6) is -1.21. The number of rotatable bonds is 3. The van der Waals surface area contributed by atoms with Gasteiger partial charge in [0, 0.05) is 18.8 Å². The van der Waals surface area contributed by atoms with E-state index in [4.69, 9.17) is 0 Å². The third kappa shape index (κ3) is 3.62. The minimum atomic E-state index is -4.65. The van der Waals surface area contributed by atoms with E-state index in [1.807, 2.05) is 23.1 Å². The quantitative estimate of drug-likeness (QED) is 0.744. The van der Waals surface area contributed by atoms with Crippen LogP contribution in [0.5, 0.6) is 0 Å². The minimum absolute atomic E-state index is 0.0199. The van der Waals surface area contributed by atoms with Crippen LogP contribution >= 0.6 is 0 Å². The Bertz CT molecular complexity index is 988. The number of nitrogens with zero attached hydrogens (tertiary/aromatic N) is 5. The highest BCUT2D eigenvalue weighted by Crippen LogP contribution is 2.29. The maximum atomic E-state index is 13.1. The lowest BCUT2D eigenvalue weighted by atomic mass is 9.97. The Hall–Kier alpha value is -3.17. The van der Waals surface area contributed by atoms with Gasteiger partial charge in [-0.15, -0.1) is 15.3 Å². The van der Waals surface area contributed by atoms with Gasteiger partial charge in [-0.05, 0) is 37.1 Å². The molecule has 0 saturated carbocycles. The number of carbonyl (C=O) groups excluding carboxylic acids is 1. The summed E-state index contributed by atoms with van der Waals surface area (Å²) in [7, 11) is 0. The van der Waals surface area contributed by atoms with Crippen LogP contribution < -0.4 is 10.2 Å². The Balaban J connectivity index is 1.53. The molecular formula is C18H17F3N6O. The summed E-state index contributed by atoms with van der Waals surface area (Å²) < 4.78 is 39.9. The predicted molar refractivity (Wildman–Crippen MR) is 95.8 cm³/mol. The summed E-state index contributed by atoms with van der Waals surface area (Å²) in [6.45, 7) is 0.984. The van der Waals surface area contributed by atoms with Gasteiger partial charge in [0.05, 0.1) is 5.92 Å². The molecular weight excluding hydrogens is 373 g/mol. The zero-order chi connectivity index (χ0) is 19.7. The molecule has 3 heterocycles. The average Bonchev–Trinajstić information content (AvgIpc) is 3.12. The molecule has 1 aliphatic rings. The first-order chi connectivity index (χ1) is 13.4. The van der Waals surface area contributed by atoms with E-state index >= 15 is 0 Å². The fraction of sp³-hybridized carbons (Fsp3) is 0.333. The number of piperidine rings is 1. The van der Waals surface area contributed by atoms with Crippen LogP contribution in [0.3, 0.4) is 0 Å². The number of hydrogen-bond acceptors (Lipinski definition) is 5. The Morgan fingerprint density at radius 1 is 1.11 bits per heavy atom. The van der Waals surface area contributed by atoms with Gasteiger partial charge in [0.15, 0.2) is 5.65 Å². The molecule has 4 rings (SSSR count). The lowest BCUT2D eigenvalue weighted by Crippen LogP contribution is -2.41. The van der Waals surface area contributed by atoms with E-state index in [2.05, 4.69) is 20.6 Å². The van der Waals surface area contributed by atoms with E-state index in [1.165, 1.54) is 6.07 Å². The number of anilines is 2. The zero-order valence-corrected chi connectivity index (χ0v) is 14.7. The fourth-order valence-corrected chi connectivity index (χ4v) is 3.29. The monoisotopic (exact) mass is 390 g/mol. The van der Waals surface area contributed by atoms with E-state index in [0.717, 1.165) is 6.42 Å². The van der Waals surface area contributed by atoms with Crippen molar-refractivity contribution in [1.82, 2.24) is 19.8 Å². The van der Waals surface area contributed by atoms with E-state index in [-0.39, 0.29) is 17.5 Å². The first-order valence-corrected chi connectivity index (χ1v) is 8.82. The minimum Gasteiger partial charge on any atom is -0.354 e. The molecule has 0 unspecified atom stereocenters. The SMILES string of the molecule is O=C(Nc1ccccc1)[C@@H]1CCCN(c2ccc3nnc(C(F)(F)F)n3n2)C1. The lowest BCUT2D eigenvalue weighted by Gasteiger charge is -2.32. The van der Waals surface area contributed by atoms with E-state index < -0.39 is 12.0 Å². The maximum absolute atomic E-state index is 13.1. The van der Waals surface area contributed by atoms with Crippen LogP contribution in [0.15, 0.2) is 42.5 Å². The second-order valence-corrected chi connectivity index (χ2v) is 6.62. The molecule has 0 aliphatic carbocycles. The van der Waals surface area contributed by atoms with E-state index in [0.29, 0.717) is 35.5 Å². The molecule has 7 nitrogen and oxygen atoms in total. The third-order valence-electron chi connectivity index (χ3n) is 4.66. The number of benzene rings is 1. The number of para-hydroxylation sites is 1. The van der Waals surface area contributed by atoms with Gasteiger partial charge in [0.1, 0.15) is 5.82 Å². The smallest absolute Gasteiger partial charge is 0.354 e. The van der Waals surface area contributed by atoms with Crippen molar-refractivity contribution in [3.8, 4) is 0 Å². The second-order valence-electron chi connectivity index (χ2n) is 6.62. The summed E-state index contributed by atoms with van der Waals surface area (Å²) in [4.78, 5) is 14.4. The predicted octanol–water partition coefficient (Wildman–Crippen LogP) is 3.00. The number of halogens is 3. The summed E-state index contributed by atoms with van der Waals surface area (Å²) >= 11 is 0. The standard InChI is InChI=1S/C18H17F3N6O/c19-18(20,21)17-24-23-14-8-9-15(25-27(14)17)26-10-4-5-12(11-26)16(28)22-13-6-2-1-3-7-13/h1-3,6-9,12H,4-5,10-11H2,(H,22,28)/t12-/m1/s1. The van der Waals surface area contributed by atoms with Crippen molar-refractivity contribution >= 4 is 23.1 Å². The van der Waals surface area contributed by atoms with Crippen molar-refractivity contribution in [2.24, 2.45) is 5.92 Å². The zero-order valence-electron chi connectivity index (χ0n) is 14.7. The Labute approximate surface area is 158 Å². The number of nitrogens with one attached hydrogen (secondary N) is 1. The normalized spacial score (nSPS) is 17.7. The van der Waals surface area contributed by atoms with Crippen molar-refractivity contribution in [2.45, 2.75) is 19.0 Å². The summed E-state index contributed by atoms with van der Waals surface area (Å²) in [5, 5.41) is 13.6. The van der Waals surface area contributed by atoms with Gasteiger partial charge in [-0.25, -0.2) is 0 Å². The summed E-state index contributed by atoms with van der Waals surface area (Å²) in [5.41, 5.74) is 0.731. The molecule has 1 atom stereocenters. The van der Waals surface area contributed by atoms with Gasteiger partial charge < -0.3 is 10.2 Å². The summed E-state index contributed by atoms with van der Waals surface area (Å²) in [6.07, 6.45) is -3.20. The molecule has 1 amide bonds. The molecule has 0 bridgehead atoms. The molecule has 28 heavy (non-hydrogen) atoms. The Kier molecular flexibility index (Phi) is 4.62. The molecule has 10 heteroatoms. The van der Waals surface area contributed by atoms with E-state index in [9.17, 15) is 18.0 Å². The lowest BCUT2D eigenvalue weighted by molar-refractivity contribution is -0.146. The number of aromatic nitrogens is 4. The number of carbonyl (C=O) groups is 1. The molecule has 1 N–H and O–H groups in total. The molecule has 0 spiro atoms. The van der Waals surface area contributed by atoms with Gasteiger partial charge in [0.2, 0.25) is 5.91 Å². The van der Waals surface area contributed by atoms with Crippen LogP contribution in [0, 0.1) is 5.92 Å². The number of hydrogen-bond donors (Lipinski definition) is 1. The Morgan fingerprint density at radius 3 is 2.64 bits per heavy atom. The number of fused-ring (bicyclic) bond motifs is 1. The van der Waals surface area contributed by atoms with Crippen LogP contribution in [0.2, 0.25) is 0 Å². The fourth-order valence-electron chi connectivity index (χ4n) is 3.29. The van der Waals surface area contributed by atoms with Gasteiger partial charge >= 0.3 is 6.18 Å². The molecule has 0 radical (unpaired) electrons. The van der Waals surface area contributed by atoms with Crippen molar-refractivity contribution in [3.63, 3.8) is 0 Å². The van der Waals surface area contributed by atoms with Crippen molar-refractivity contribution in [2.75, 3.05) is 23.3 Å². The Morgan fingerprint density at radius 2 is 1.89 bits per heavy atom. The van der Waals surface area contributed by atoms with Crippen LogP contribution in [0.4, 0.5) is 24.7 Å². The number of alkyl halides is 3. The third-order valence-corrected chi connectivity index (χ3v) is 4.66. The van der Waals surface area contributed by atoms with Crippen molar-refractivity contribution in [1.29, 1.82) is 0 Å². The molecule has 146 valence electrons. The van der Waals surface area contributed by atoms with Crippen molar-refractivity contribution in [3.05, 3.63) is 48.3 Å². The molecule has 1 saturated heterocycles. The molecule has 1 fully saturated rings. The topological polar surface area (TPSA) is 75.4 Å². The second kappa shape index (κ2) is 7.10. The molecule has 1 aromatic carbocycles. The summed E-state index contributed by atoms with van der Waals surface area (Å²) in [6, 6.07) is 12.2. The maximum Gasteiger partial charge on any atom is 0.453 e. The highest BCUT2D eigenvalue weighted by atomic mass is 19.4. The molecule has 1 aliphatic heterocycles. The van der Waals surface area contributed by atoms with Crippen LogP contribution in [0.1, 0.15) is 18.7 Å². The van der Waals surface area contributed by atoms with Crippen LogP contribution in [-0.2, 0) is 11.0 Å². The van der Waals surface area contributed by atoms with Gasteiger partial charge in [0.25, 0.3) is 5.82 Å². The van der Waals surface area contributed by atoms with Crippen LogP contribution in [0.25, 0.3) is 5.65 Å². The van der Waals surface area contributed by atoms with Gasteiger partial charge in [-0.3, -0.25) is 4.79 Å². The van der Waals surface area contributed by atoms with E-state index in [1.54, 1.807) is 18.2 Å². The molecule has 3 aromatic rings. The highest BCUT2D eigenvalue weighted by Gasteiger charge is 2.38. The average molecular weight is 390 g/mol. The largest absolute Gasteiger partial charge is 0.453 e. The first kappa shape index (κ1) is 18.2. The molecule has 2 aromatic heterocycles. The number of amides is 1. The first-order valence-electron chi connectivity index (χ1n) is 8.82. The van der Waals surface area contributed by atoms with Gasteiger partial charge in [-0.2, -0.15) is 17.7 Å². The van der Waals surface area contributed by atoms with Crippen LogP contribution in [-0.4, -0.2) is 38.8 Å². The highest BCUT2D eigenvalue weighted by molar-refractivity contribution is 5.93. The van der Waals surface area contributed by atoms with Gasteiger partial charge in [-0.1, -0.05) is 18.2 Å².